The van der Waals surface area contributed by atoms with Crippen LogP contribution in [0, 0.1) is 0 Å². The second-order valence-electron chi connectivity index (χ2n) is 4.75. The van der Waals surface area contributed by atoms with E-state index in [-0.39, 0.29) is 5.41 Å². The van der Waals surface area contributed by atoms with E-state index in [0.717, 1.165) is 11.4 Å². The lowest BCUT2D eigenvalue weighted by Crippen LogP contribution is -2.36. The second-order valence-corrected chi connectivity index (χ2v) is 6.01. The third kappa shape index (κ3) is 2.23. The van der Waals surface area contributed by atoms with E-state index in [1.54, 1.807) is 0 Å². The summed E-state index contributed by atoms with van der Waals surface area (Å²) in [4.78, 5) is 9.68. The molecule has 1 aromatic rings. The lowest BCUT2D eigenvalue weighted by atomic mass is 9.77. The molecule has 0 N–H and O–H groups in total. The van der Waals surface area contributed by atoms with Gasteiger partial charge in [-0.2, -0.15) is 0 Å². The molecule has 0 aromatic heterocycles. The molecule has 1 heterocycles. The van der Waals surface area contributed by atoms with Gasteiger partial charge >= 0.3 is 0 Å². The lowest BCUT2D eigenvalue weighted by Gasteiger charge is -2.32. The number of para-hydroxylation sites is 1. The van der Waals surface area contributed by atoms with E-state index in [1.807, 2.05) is 13.0 Å². The van der Waals surface area contributed by atoms with Gasteiger partial charge in [-0.15, -0.1) is 0 Å². The van der Waals surface area contributed by atoms with E-state index in [2.05, 4.69) is 44.0 Å². The zero-order valence-corrected chi connectivity index (χ0v) is 12.4. The summed E-state index contributed by atoms with van der Waals surface area (Å²) in [6.07, 6.45) is 0. The summed E-state index contributed by atoms with van der Waals surface area (Å²) in [5.41, 5.74) is 3.83. The summed E-state index contributed by atoms with van der Waals surface area (Å²) >= 11 is 0. The van der Waals surface area contributed by atoms with Gasteiger partial charge in [-0.3, -0.25) is 4.99 Å². The van der Waals surface area contributed by atoms with Crippen molar-refractivity contribution >= 4 is 20.2 Å². The maximum Gasteiger partial charge on any atom is 0.0797 e. The van der Waals surface area contributed by atoms with Crippen molar-refractivity contribution < 1.29 is 9.56 Å². The van der Waals surface area contributed by atoms with Gasteiger partial charge in [0.05, 0.1) is 21.1 Å². The Morgan fingerprint density at radius 1 is 1.39 bits per heavy atom. The summed E-state index contributed by atoms with van der Waals surface area (Å²) in [5.74, 6) is 0. The van der Waals surface area contributed by atoms with Crippen molar-refractivity contribution in [3.05, 3.63) is 29.8 Å². The van der Waals surface area contributed by atoms with Gasteiger partial charge in [0.1, 0.15) is 0 Å². The maximum atomic E-state index is 5.26. The van der Waals surface area contributed by atoms with Crippen molar-refractivity contribution in [3.8, 4) is 0 Å². The fourth-order valence-electron chi connectivity index (χ4n) is 2.33. The molecule has 1 aliphatic rings. The number of nitrogens with zero attached hydrogens (tertiary/aromatic N) is 1. The molecule has 0 aliphatic carbocycles. The average molecular weight is 265 g/mol. The highest BCUT2D eigenvalue weighted by molar-refractivity contribution is 7.33. The molecule has 0 radical (unpaired) electrons. The Balaban J connectivity index is 2.22. The Kier molecular flexibility index (Phi) is 4.16. The molecule has 3 unspecified atom stereocenters. The van der Waals surface area contributed by atoms with Crippen LogP contribution in [0.1, 0.15) is 33.3 Å². The number of fused-ring (bicyclic) bond motifs is 1. The van der Waals surface area contributed by atoms with Crippen LogP contribution >= 0.6 is 8.81 Å². The first kappa shape index (κ1) is 13.7. The smallest absolute Gasteiger partial charge is 0.0797 e. The number of hydrogen-bond acceptors (Lipinski definition) is 3. The van der Waals surface area contributed by atoms with Crippen molar-refractivity contribution in [1.29, 1.82) is 0 Å². The Morgan fingerprint density at radius 3 is 2.83 bits per heavy atom. The van der Waals surface area contributed by atoms with Gasteiger partial charge in [0.15, 0.2) is 0 Å². The molecule has 2 rings (SSSR count). The molecule has 1 aromatic carbocycles. The molecule has 0 spiro atoms. The number of rotatable bonds is 5. The largest absolute Gasteiger partial charge is 0.257 e. The molecule has 0 bridgehead atoms. The van der Waals surface area contributed by atoms with Crippen LogP contribution in [0.5, 0.6) is 0 Å². The van der Waals surface area contributed by atoms with Crippen LogP contribution < -0.4 is 0 Å². The third-order valence-electron chi connectivity index (χ3n) is 3.77. The van der Waals surface area contributed by atoms with Gasteiger partial charge in [0, 0.05) is 16.8 Å². The van der Waals surface area contributed by atoms with Crippen molar-refractivity contribution in [2.24, 2.45) is 4.99 Å². The molecule has 1 aliphatic heterocycles. The summed E-state index contributed by atoms with van der Waals surface area (Å²) in [5, 5.41) is 0. The van der Waals surface area contributed by atoms with Gasteiger partial charge in [0.25, 0.3) is 0 Å². The van der Waals surface area contributed by atoms with E-state index in [0.29, 0.717) is 21.1 Å². The van der Waals surface area contributed by atoms with Gasteiger partial charge in [-0.05, 0) is 32.4 Å². The molecule has 0 fully saturated rings. The van der Waals surface area contributed by atoms with Crippen LogP contribution in [0.4, 0.5) is 5.69 Å². The highest BCUT2D eigenvalue weighted by atomic mass is 31.1. The predicted molar refractivity (Wildman–Crippen MR) is 77.1 cm³/mol. The van der Waals surface area contributed by atoms with Crippen molar-refractivity contribution in [2.45, 2.75) is 38.8 Å². The predicted octanol–water partition coefficient (Wildman–Crippen LogP) is 4.00. The molecular formula is C14H20NO2P. The second kappa shape index (κ2) is 5.48. The van der Waals surface area contributed by atoms with E-state index >= 15 is 0 Å². The van der Waals surface area contributed by atoms with E-state index < -0.39 is 0 Å². The maximum absolute atomic E-state index is 5.26. The SMILES string of the molecule is CCOOPC(C)C1(C)C(C)=Nc2ccccc21. The minimum Gasteiger partial charge on any atom is -0.257 e. The van der Waals surface area contributed by atoms with Crippen LogP contribution in [0.25, 0.3) is 0 Å². The molecule has 4 heteroatoms. The topological polar surface area (TPSA) is 30.8 Å². The van der Waals surface area contributed by atoms with Crippen LogP contribution in [0.15, 0.2) is 29.3 Å². The van der Waals surface area contributed by atoms with Crippen LogP contribution in [-0.2, 0) is 15.0 Å². The van der Waals surface area contributed by atoms with E-state index in [4.69, 9.17) is 9.56 Å². The number of hydrogen-bond donors (Lipinski definition) is 0. The van der Waals surface area contributed by atoms with Gasteiger partial charge in [-0.25, -0.2) is 9.56 Å². The lowest BCUT2D eigenvalue weighted by molar-refractivity contribution is -0.191. The van der Waals surface area contributed by atoms with E-state index in [1.165, 1.54) is 5.56 Å². The number of aliphatic imine (C=N–C) groups is 1. The molecule has 3 nitrogen and oxygen atoms in total. The van der Waals surface area contributed by atoms with Crippen LogP contribution in [0.2, 0.25) is 0 Å². The fourth-order valence-corrected chi connectivity index (χ4v) is 3.26. The average Bonchev–Trinajstić information content (AvgIpc) is 2.63. The van der Waals surface area contributed by atoms with Gasteiger partial charge < -0.3 is 0 Å². The standard InChI is InChI=1S/C14H20NO2P/c1-5-16-17-18-11(3)14(4)10(2)15-13-9-7-6-8-12(13)14/h6-9,11,18H,5H2,1-4H3. The summed E-state index contributed by atoms with van der Waals surface area (Å²) < 4.78 is 5.26. The fraction of sp³-hybridized carbons (Fsp3) is 0.500. The first-order valence-corrected chi connectivity index (χ1v) is 7.28. The minimum atomic E-state index is -0.0495. The monoisotopic (exact) mass is 265 g/mol. The van der Waals surface area contributed by atoms with Crippen LogP contribution in [0.3, 0.4) is 0 Å². The van der Waals surface area contributed by atoms with Gasteiger partial charge in [0.2, 0.25) is 0 Å². The van der Waals surface area contributed by atoms with E-state index in [9.17, 15) is 0 Å². The quantitative estimate of drug-likeness (QED) is 0.349. The Morgan fingerprint density at radius 2 is 2.11 bits per heavy atom. The molecule has 18 heavy (non-hydrogen) atoms. The minimum absolute atomic E-state index is 0.0495. The summed E-state index contributed by atoms with van der Waals surface area (Å²) in [6.45, 7) is 9.04. The molecule has 98 valence electrons. The molecule has 0 saturated heterocycles. The summed E-state index contributed by atoms with van der Waals surface area (Å²) in [7, 11) is 0.313. The first-order chi connectivity index (χ1) is 8.60. The molecular weight excluding hydrogens is 245 g/mol. The normalized spacial score (nSPS) is 24.3. The molecule has 3 atom stereocenters. The zero-order chi connectivity index (χ0) is 13.2. The summed E-state index contributed by atoms with van der Waals surface area (Å²) in [6, 6.07) is 8.34. The molecule has 0 amide bonds. The zero-order valence-electron chi connectivity index (χ0n) is 11.4. The number of benzene rings is 1. The Hall–Kier alpha value is -0.760. The van der Waals surface area contributed by atoms with Crippen molar-refractivity contribution in [1.82, 2.24) is 0 Å². The van der Waals surface area contributed by atoms with Crippen molar-refractivity contribution in [2.75, 3.05) is 6.61 Å². The third-order valence-corrected chi connectivity index (χ3v) is 4.92. The van der Waals surface area contributed by atoms with Gasteiger partial charge in [-0.1, -0.05) is 25.1 Å². The highest BCUT2D eigenvalue weighted by Crippen LogP contribution is 2.47. The molecule has 0 saturated carbocycles. The van der Waals surface area contributed by atoms with Crippen molar-refractivity contribution in [3.63, 3.8) is 0 Å². The Bertz CT molecular complexity index is 461. The first-order valence-electron chi connectivity index (χ1n) is 6.30. The highest BCUT2D eigenvalue weighted by Gasteiger charge is 2.41. The van der Waals surface area contributed by atoms with Crippen LogP contribution in [-0.4, -0.2) is 18.0 Å². The Labute approximate surface area is 110 Å².